The lowest BCUT2D eigenvalue weighted by atomic mass is 10.2. The highest BCUT2D eigenvalue weighted by molar-refractivity contribution is 8.13. The Labute approximate surface area is 118 Å². The van der Waals surface area contributed by atoms with E-state index in [4.69, 9.17) is 11.6 Å². The molecule has 0 unspecified atom stereocenters. The molecule has 8 heteroatoms. The second-order valence-electron chi connectivity index (χ2n) is 3.67. The summed E-state index contributed by atoms with van der Waals surface area (Å²) in [5, 5.41) is 0.632. The average Bonchev–Trinajstić information content (AvgIpc) is 2.31. The van der Waals surface area contributed by atoms with Gasteiger partial charge in [0.05, 0.1) is 0 Å². The molecule has 0 atom stereocenters. The summed E-state index contributed by atoms with van der Waals surface area (Å²) >= 11 is 6.81. The van der Waals surface area contributed by atoms with Crippen LogP contribution in [-0.4, -0.2) is 41.1 Å². The van der Waals surface area contributed by atoms with Crippen LogP contribution in [0.25, 0.3) is 0 Å². The van der Waals surface area contributed by atoms with E-state index in [2.05, 4.69) is 9.98 Å². The van der Waals surface area contributed by atoms with Crippen molar-refractivity contribution in [1.82, 2.24) is 9.88 Å². The number of aromatic nitrogens is 1. The molecule has 1 rings (SSSR count). The molecule has 0 aliphatic rings. The smallest absolute Gasteiger partial charge is 0.338 e. The largest absolute Gasteiger partial charge is 0.406 e. The van der Waals surface area contributed by atoms with Gasteiger partial charge in [0.25, 0.3) is 0 Å². The first-order valence-corrected chi connectivity index (χ1v) is 6.89. The van der Waals surface area contributed by atoms with Gasteiger partial charge in [0.1, 0.15) is 11.7 Å². The Hall–Kier alpha value is -0.950. The van der Waals surface area contributed by atoms with Crippen molar-refractivity contribution in [3.63, 3.8) is 0 Å². The molecule has 0 aliphatic heterocycles. The minimum atomic E-state index is -4.29. The van der Waals surface area contributed by atoms with Gasteiger partial charge in [-0.3, -0.25) is 4.99 Å². The van der Waals surface area contributed by atoms with Crippen LogP contribution in [-0.2, 0) is 6.54 Å². The fraction of sp³-hybridized carbons (Fsp3) is 0.455. The first-order valence-electron chi connectivity index (χ1n) is 5.28. The highest BCUT2D eigenvalue weighted by atomic mass is 35.5. The van der Waals surface area contributed by atoms with E-state index in [-0.39, 0.29) is 6.54 Å². The van der Waals surface area contributed by atoms with Gasteiger partial charge in [-0.2, -0.15) is 13.2 Å². The summed E-state index contributed by atoms with van der Waals surface area (Å²) < 4.78 is 37.7. The maximum atomic E-state index is 12.6. The molecular formula is C11H13ClF3N3S. The lowest BCUT2D eigenvalue weighted by Gasteiger charge is -2.25. The van der Waals surface area contributed by atoms with Crippen molar-refractivity contribution in [3.8, 4) is 0 Å². The normalized spacial score (nSPS) is 12.6. The number of rotatable bonds is 3. The molecular weight excluding hydrogens is 299 g/mol. The van der Waals surface area contributed by atoms with E-state index in [0.29, 0.717) is 15.9 Å². The van der Waals surface area contributed by atoms with Crippen molar-refractivity contribution in [2.24, 2.45) is 4.99 Å². The van der Waals surface area contributed by atoms with Gasteiger partial charge in [-0.1, -0.05) is 29.4 Å². The zero-order chi connectivity index (χ0) is 14.5. The third-order valence-corrected chi connectivity index (χ3v) is 3.21. The van der Waals surface area contributed by atoms with E-state index in [1.165, 1.54) is 25.0 Å². The molecule has 0 spiro atoms. The zero-order valence-electron chi connectivity index (χ0n) is 10.4. The maximum absolute atomic E-state index is 12.6. The number of amidine groups is 1. The highest BCUT2D eigenvalue weighted by Gasteiger charge is 2.32. The Balaban J connectivity index is 2.88. The molecule has 19 heavy (non-hydrogen) atoms. The summed E-state index contributed by atoms with van der Waals surface area (Å²) in [5.41, 5.74) is 0.642. The summed E-state index contributed by atoms with van der Waals surface area (Å²) in [7, 11) is 1.47. The quantitative estimate of drug-likeness (QED) is 0.486. The fourth-order valence-corrected chi connectivity index (χ4v) is 2.17. The molecule has 0 N–H and O–H groups in total. The van der Waals surface area contributed by atoms with Crippen LogP contribution in [0.3, 0.4) is 0 Å². The van der Waals surface area contributed by atoms with Crippen LogP contribution < -0.4 is 0 Å². The molecule has 0 aliphatic carbocycles. The van der Waals surface area contributed by atoms with Crippen LogP contribution in [0, 0.1) is 0 Å². The van der Waals surface area contributed by atoms with Gasteiger partial charge in [-0.15, -0.1) is 0 Å². The van der Waals surface area contributed by atoms with Gasteiger partial charge in [-0.25, -0.2) is 4.98 Å². The minimum Gasteiger partial charge on any atom is -0.338 e. The van der Waals surface area contributed by atoms with Gasteiger partial charge in [0.2, 0.25) is 0 Å². The monoisotopic (exact) mass is 311 g/mol. The molecule has 1 aromatic rings. The van der Waals surface area contributed by atoms with E-state index >= 15 is 0 Å². The van der Waals surface area contributed by atoms with Gasteiger partial charge in [0, 0.05) is 19.8 Å². The molecule has 1 aromatic heterocycles. The zero-order valence-corrected chi connectivity index (χ0v) is 12.0. The lowest BCUT2D eigenvalue weighted by molar-refractivity contribution is -0.138. The Bertz CT molecular complexity index is 434. The van der Waals surface area contributed by atoms with Crippen molar-refractivity contribution < 1.29 is 13.2 Å². The van der Waals surface area contributed by atoms with Crippen molar-refractivity contribution in [2.75, 3.05) is 19.8 Å². The van der Waals surface area contributed by atoms with E-state index < -0.39 is 12.7 Å². The van der Waals surface area contributed by atoms with Gasteiger partial charge < -0.3 is 4.90 Å². The van der Waals surface area contributed by atoms with Crippen LogP contribution in [0.2, 0.25) is 5.15 Å². The number of halogens is 4. The van der Waals surface area contributed by atoms with Crippen molar-refractivity contribution in [3.05, 3.63) is 29.0 Å². The molecule has 0 bridgehead atoms. The summed E-state index contributed by atoms with van der Waals surface area (Å²) in [6.07, 6.45) is -1.14. The van der Waals surface area contributed by atoms with Gasteiger partial charge >= 0.3 is 6.18 Å². The fourth-order valence-electron chi connectivity index (χ4n) is 1.49. The summed E-state index contributed by atoms with van der Waals surface area (Å²) in [6, 6.07) is 3.19. The molecule has 0 saturated carbocycles. The van der Waals surface area contributed by atoms with Crippen molar-refractivity contribution >= 4 is 28.5 Å². The van der Waals surface area contributed by atoms with Crippen molar-refractivity contribution in [1.29, 1.82) is 0 Å². The topological polar surface area (TPSA) is 28.5 Å². The predicted octanol–water partition coefficient (Wildman–Crippen LogP) is 3.45. The number of thioether (sulfide) groups is 1. The van der Waals surface area contributed by atoms with Crippen LogP contribution in [0.15, 0.2) is 23.3 Å². The molecule has 1 heterocycles. The van der Waals surface area contributed by atoms with E-state index in [0.717, 1.165) is 4.90 Å². The van der Waals surface area contributed by atoms with E-state index in [9.17, 15) is 13.2 Å². The summed E-state index contributed by atoms with van der Waals surface area (Å²) in [5.74, 6) is 0. The molecule has 0 aromatic carbocycles. The first-order chi connectivity index (χ1) is 8.85. The molecule has 0 saturated heterocycles. The molecule has 0 fully saturated rings. The minimum absolute atomic E-state index is 0.0805. The number of pyridine rings is 1. The third-order valence-electron chi connectivity index (χ3n) is 2.18. The van der Waals surface area contributed by atoms with Crippen LogP contribution in [0.4, 0.5) is 13.2 Å². The number of aliphatic imine (C=N–C) groups is 1. The van der Waals surface area contributed by atoms with E-state index in [1.807, 2.05) is 0 Å². The summed E-state index contributed by atoms with van der Waals surface area (Å²) in [6.45, 7) is -0.972. The maximum Gasteiger partial charge on any atom is 0.406 e. The molecule has 106 valence electrons. The second-order valence-corrected chi connectivity index (χ2v) is 4.83. The SMILES string of the molecule is C/N=C(\SC)N(Cc1ccc(Cl)nc1)CC(F)(F)F. The Morgan fingerprint density at radius 2 is 2.16 bits per heavy atom. The first kappa shape index (κ1) is 16.1. The van der Waals surface area contributed by atoms with E-state index in [1.54, 1.807) is 18.4 Å². The Morgan fingerprint density at radius 3 is 2.58 bits per heavy atom. The van der Waals surface area contributed by atoms with Crippen LogP contribution in [0.5, 0.6) is 0 Å². The summed E-state index contributed by atoms with van der Waals surface area (Å²) in [4.78, 5) is 8.88. The van der Waals surface area contributed by atoms with Crippen LogP contribution >= 0.6 is 23.4 Å². The van der Waals surface area contributed by atoms with Gasteiger partial charge in [0.15, 0.2) is 5.17 Å². The predicted molar refractivity (Wildman–Crippen MR) is 72.6 cm³/mol. The van der Waals surface area contributed by atoms with Gasteiger partial charge in [-0.05, 0) is 17.9 Å². The Morgan fingerprint density at radius 1 is 1.47 bits per heavy atom. The third kappa shape index (κ3) is 5.69. The van der Waals surface area contributed by atoms with Crippen LogP contribution in [0.1, 0.15) is 5.56 Å². The Kier molecular flexibility index (Phi) is 5.93. The molecule has 3 nitrogen and oxygen atoms in total. The number of hydrogen-bond donors (Lipinski definition) is 0. The number of hydrogen-bond acceptors (Lipinski definition) is 3. The lowest BCUT2D eigenvalue weighted by Crippen LogP contribution is -2.37. The number of nitrogens with zero attached hydrogens (tertiary/aromatic N) is 3. The molecule has 0 radical (unpaired) electrons. The van der Waals surface area contributed by atoms with Crippen molar-refractivity contribution in [2.45, 2.75) is 12.7 Å². The second kappa shape index (κ2) is 7.00. The highest BCUT2D eigenvalue weighted by Crippen LogP contribution is 2.21. The number of alkyl halides is 3. The standard InChI is InChI=1S/C11H13ClF3N3S/c1-16-10(19-2)18(7-11(13,14)15)6-8-3-4-9(12)17-5-8/h3-5H,6-7H2,1-2H3/b16-10-. The average molecular weight is 312 g/mol. The molecule has 0 amide bonds.